The Bertz CT molecular complexity index is 39.8. The molecule has 0 unspecified atom stereocenters. The van der Waals surface area contributed by atoms with E-state index in [1.54, 1.807) is 6.08 Å². The predicted octanol–water partition coefficient (Wildman–Crippen LogP) is 1.99. The maximum atomic E-state index is 5.03. The summed E-state index contributed by atoms with van der Waals surface area (Å²) in [7, 11) is 5.03. The summed E-state index contributed by atoms with van der Waals surface area (Å²) in [5.74, 6) is 0. The molecule has 0 bridgehead atoms. The summed E-state index contributed by atoms with van der Waals surface area (Å²) < 4.78 is 4.55. The Morgan fingerprint density at radius 2 is 2.67 bits per heavy atom. The van der Waals surface area contributed by atoms with Crippen molar-refractivity contribution in [3.63, 3.8) is 0 Å². The van der Waals surface area contributed by atoms with E-state index in [2.05, 4.69) is 10.8 Å². The molecule has 0 heterocycles. The normalized spacial score (nSPS) is 8.17. The van der Waals surface area contributed by atoms with Crippen LogP contribution in [0, 0.1) is 0 Å². The topological polar surface area (TPSA) is 9.23 Å². The zero-order chi connectivity index (χ0) is 4.83. The molecule has 0 atom stereocenters. The molecule has 0 aliphatic carbocycles. The lowest BCUT2D eigenvalue weighted by Crippen LogP contribution is -1.71. The molecule has 0 aromatic carbocycles. The fraction of sp³-hybridized carbons (Fsp3) is 0.333. The second kappa shape index (κ2) is 5.34. The van der Waals surface area contributed by atoms with Gasteiger partial charge in [-0.05, 0) is 10.7 Å². The van der Waals surface area contributed by atoms with Crippen molar-refractivity contribution in [2.45, 2.75) is 0 Å². The van der Waals surface area contributed by atoms with Crippen molar-refractivity contribution in [2.75, 3.05) is 6.61 Å². The fourth-order valence-electron chi connectivity index (χ4n) is 0.0738. The Balaban J connectivity index is 2.49. The van der Waals surface area contributed by atoms with Crippen LogP contribution >= 0.6 is 21.9 Å². The zero-order valence-corrected chi connectivity index (χ0v) is 4.76. The third-order valence-corrected chi connectivity index (χ3v) is 0.723. The van der Waals surface area contributed by atoms with Gasteiger partial charge in [0.1, 0.15) is 11.3 Å². The highest BCUT2D eigenvalue weighted by atomic mass is 35.7. The van der Waals surface area contributed by atoms with Gasteiger partial charge >= 0.3 is 0 Å². The van der Waals surface area contributed by atoms with Gasteiger partial charge in [0.25, 0.3) is 0 Å². The van der Waals surface area contributed by atoms with Crippen LogP contribution < -0.4 is 0 Å². The van der Waals surface area contributed by atoms with Gasteiger partial charge < -0.3 is 0 Å². The van der Waals surface area contributed by atoms with E-state index in [0.29, 0.717) is 6.61 Å². The highest BCUT2D eigenvalue weighted by molar-refractivity contribution is 8.17. The lowest BCUT2D eigenvalue weighted by Gasteiger charge is -1.83. The van der Waals surface area contributed by atoms with E-state index in [1.807, 2.05) is 0 Å². The van der Waals surface area contributed by atoms with Crippen molar-refractivity contribution in [1.29, 1.82) is 0 Å². The lowest BCUT2D eigenvalue weighted by molar-refractivity contribution is 0.436. The molecule has 0 spiro atoms. The third kappa shape index (κ3) is 4.34. The van der Waals surface area contributed by atoms with Crippen molar-refractivity contribution in [2.24, 2.45) is 0 Å². The van der Waals surface area contributed by atoms with Crippen LogP contribution in [-0.2, 0) is 4.18 Å². The summed E-state index contributed by atoms with van der Waals surface area (Å²) in [6.45, 7) is 3.91. The number of hydrogen-bond acceptors (Lipinski definition) is 2. The molecule has 0 amide bonds. The second-order valence-electron chi connectivity index (χ2n) is 0.636. The minimum Gasteiger partial charge on any atom is -0.297 e. The summed E-state index contributed by atoms with van der Waals surface area (Å²) in [4.78, 5) is 0. The molecule has 0 radical (unpaired) electrons. The van der Waals surface area contributed by atoms with Crippen molar-refractivity contribution < 1.29 is 4.18 Å². The SMILES string of the molecule is C=CCOSCl. The van der Waals surface area contributed by atoms with Crippen LogP contribution in [0.3, 0.4) is 0 Å². The smallest absolute Gasteiger partial charge is 0.103 e. The van der Waals surface area contributed by atoms with Gasteiger partial charge in [0.15, 0.2) is 0 Å². The highest BCUT2D eigenvalue weighted by Crippen LogP contribution is 2.05. The molecule has 3 heteroatoms. The summed E-state index contributed by atoms with van der Waals surface area (Å²) in [6.07, 6.45) is 1.63. The van der Waals surface area contributed by atoms with Crippen LogP contribution in [0.15, 0.2) is 12.7 Å². The summed E-state index contributed by atoms with van der Waals surface area (Å²) >= 11 is 0.827. The average Bonchev–Trinajstić information content (AvgIpc) is 1.61. The number of rotatable bonds is 3. The fourth-order valence-corrected chi connectivity index (χ4v) is 0.376. The average molecular weight is 125 g/mol. The van der Waals surface area contributed by atoms with Gasteiger partial charge in [0, 0.05) is 0 Å². The Kier molecular flexibility index (Phi) is 5.64. The van der Waals surface area contributed by atoms with Gasteiger partial charge in [-0.25, -0.2) is 0 Å². The molecule has 0 aromatic rings. The van der Waals surface area contributed by atoms with Crippen LogP contribution in [-0.4, -0.2) is 6.61 Å². The van der Waals surface area contributed by atoms with Crippen LogP contribution in [0.2, 0.25) is 0 Å². The van der Waals surface area contributed by atoms with E-state index in [4.69, 9.17) is 10.7 Å². The third-order valence-electron chi connectivity index (χ3n) is 0.230. The van der Waals surface area contributed by atoms with Gasteiger partial charge in [-0.15, -0.1) is 6.58 Å². The second-order valence-corrected chi connectivity index (χ2v) is 1.38. The van der Waals surface area contributed by atoms with Crippen LogP contribution in [0.25, 0.3) is 0 Å². The number of halogens is 1. The highest BCUT2D eigenvalue weighted by Gasteiger charge is 1.71. The van der Waals surface area contributed by atoms with Crippen LogP contribution in [0.1, 0.15) is 0 Å². The van der Waals surface area contributed by atoms with Gasteiger partial charge in [0.2, 0.25) is 0 Å². The van der Waals surface area contributed by atoms with Gasteiger partial charge in [0.05, 0.1) is 6.61 Å². The minimum absolute atomic E-state index is 0.508. The van der Waals surface area contributed by atoms with E-state index in [0.717, 1.165) is 11.3 Å². The quantitative estimate of drug-likeness (QED) is 0.323. The molecule has 0 aliphatic rings. The van der Waals surface area contributed by atoms with Crippen LogP contribution in [0.5, 0.6) is 0 Å². The Morgan fingerprint density at radius 1 is 2.00 bits per heavy atom. The molecule has 0 rings (SSSR count). The van der Waals surface area contributed by atoms with E-state index < -0.39 is 0 Å². The van der Waals surface area contributed by atoms with Gasteiger partial charge in [-0.1, -0.05) is 6.08 Å². The first kappa shape index (κ1) is 6.34. The van der Waals surface area contributed by atoms with Crippen molar-refractivity contribution in [3.05, 3.63) is 12.7 Å². The predicted molar refractivity (Wildman–Crippen MR) is 29.6 cm³/mol. The molecule has 0 fully saturated rings. The van der Waals surface area contributed by atoms with E-state index >= 15 is 0 Å². The molecular weight excluding hydrogens is 120 g/mol. The van der Waals surface area contributed by atoms with Crippen molar-refractivity contribution >= 4 is 21.9 Å². The van der Waals surface area contributed by atoms with E-state index in [1.165, 1.54) is 0 Å². The van der Waals surface area contributed by atoms with Gasteiger partial charge in [-0.2, -0.15) is 0 Å². The first-order valence-electron chi connectivity index (χ1n) is 1.43. The first-order valence-corrected chi connectivity index (χ1v) is 2.99. The molecule has 1 nitrogen and oxygen atoms in total. The Hall–Kier alpha value is 0.340. The minimum atomic E-state index is 0.508. The molecule has 0 saturated carbocycles. The summed E-state index contributed by atoms with van der Waals surface area (Å²) in [6, 6.07) is 0. The molecule has 36 valence electrons. The summed E-state index contributed by atoms with van der Waals surface area (Å²) in [5, 5.41) is 0. The maximum Gasteiger partial charge on any atom is 0.103 e. The maximum absolute atomic E-state index is 5.03. The molecule has 0 saturated heterocycles. The number of hydrogen-bond donors (Lipinski definition) is 0. The largest absolute Gasteiger partial charge is 0.297 e. The zero-order valence-electron chi connectivity index (χ0n) is 3.19. The standard InChI is InChI=1S/C3H5ClOS/c1-2-3-5-6-4/h2H,1,3H2. The van der Waals surface area contributed by atoms with Gasteiger partial charge in [-0.3, -0.25) is 4.18 Å². The van der Waals surface area contributed by atoms with E-state index in [-0.39, 0.29) is 0 Å². The summed E-state index contributed by atoms with van der Waals surface area (Å²) in [5.41, 5.74) is 0. The first-order chi connectivity index (χ1) is 2.91. The molecule has 0 N–H and O–H groups in total. The Morgan fingerprint density at radius 3 is 2.83 bits per heavy atom. The molecular formula is C3H5ClOS. The molecule has 0 aromatic heterocycles. The van der Waals surface area contributed by atoms with Crippen molar-refractivity contribution in [3.8, 4) is 0 Å². The van der Waals surface area contributed by atoms with E-state index in [9.17, 15) is 0 Å². The monoisotopic (exact) mass is 124 g/mol. The van der Waals surface area contributed by atoms with Crippen molar-refractivity contribution in [1.82, 2.24) is 0 Å². The molecule has 6 heavy (non-hydrogen) atoms. The lowest BCUT2D eigenvalue weighted by atomic mass is 10.7. The van der Waals surface area contributed by atoms with Crippen LogP contribution in [0.4, 0.5) is 0 Å². The Labute approximate surface area is 46.0 Å². The molecule has 0 aliphatic heterocycles.